The van der Waals surface area contributed by atoms with Crippen LogP contribution in [0.1, 0.15) is 57.1 Å². The van der Waals surface area contributed by atoms with Gasteiger partial charge in [0.2, 0.25) is 0 Å². The van der Waals surface area contributed by atoms with Crippen LogP contribution in [0.25, 0.3) is 0 Å². The van der Waals surface area contributed by atoms with Crippen molar-refractivity contribution in [3.8, 4) is 0 Å². The Kier molecular flexibility index (Phi) is 4.64. The summed E-state index contributed by atoms with van der Waals surface area (Å²) < 4.78 is 0. The molecule has 1 fully saturated rings. The van der Waals surface area contributed by atoms with Crippen LogP contribution in [-0.2, 0) is 0 Å². The first-order valence-electron chi connectivity index (χ1n) is 7.88. The molecule has 3 heteroatoms. The van der Waals surface area contributed by atoms with E-state index in [0.29, 0.717) is 11.5 Å². The van der Waals surface area contributed by atoms with E-state index in [0.717, 1.165) is 5.02 Å². The van der Waals surface area contributed by atoms with Crippen molar-refractivity contribution in [2.24, 2.45) is 5.41 Å². The van der Waals surface area contributed by atoms with Gasteiger partial charge in [0, 0.05) is 22.5 Å². The smallest absolute Gasteiger partial charge is 0.0410 e. The maximum Gasteiger partial charge on any atom is 0.0410 e. The van der Waals surface area contributed by atoms with E-state index in [1.54, 1.807) is 0 Å². The molecule has 0 amide bonds. The molecule has 1 aliphatic heterocycles. The molecule has 1 unspecified atom stereocenters. The monoisotopic (exact) mass is 309 g/mol. The quantitative estimate of drug-likeness (QED) is 0.795. The number of hydrogen-bond acceptors (Lipinski definition) is 2. The van der Waals surface area contributed by atoms with E-state index in [4.69, 9.17) is 11.6 Å². The molecular weight excluding hydrogens is 286 g/mol. The maximum absolute atomic E-state index is 6.19. The predicted molar refractivity (Wildman–Crippen MR) is 88.7 cm³/mol. The highest BCUT2D eigenvalue weighted by atomic mass is 35.5. The van der Waals surface area contributed by atoms with Crippen LogP contribution in [0.2, 0.25) is 5.02 Å². The van der Waals surface area contributed by atoms with Crippen molar-refractivity contribution in [1.29, 1.82) is 0 Å². The third-order valence-electron chi connectivity index (χ3n) is 5.15. The van der Waals surface area contributed by atoms with Crippen molar-refractivity contribution in [3.63, 3.8) is 0 Å². The van der Waals surface area contributed by atoms with Gasteiger partial charge in [-0.15, -0.1) is 11.8 Å². The summed E-state index contributed by atoms with van der Waals surface area (Å²) in [5.41, 5.74) is 1.97. The standard InChI is InChI=1S/C17H24ClNS/c1-2-17(8-3-4-9-17)12-19-15-7-10-20-16-6-5-13(18)11-14(15)16/h5-6,11,15,19H,2-4,7-10,12H2,1H3. The maximum atomic E-state index is 6.19. The second kappa shape index (κ2) is 6.29. The van der Waals surface area contributed by atoms with Gasteiger partial charge in [-0.05, 0) is 60.6 Å². The topological polar surface area (TPSA) is 12.0 Å². The summed E-state index contributed by atoms with van der Waals surface area (Å²) in [7, 11) is 0. The average Bonchev–Trinajstić information content (AvgIpc) is 2.94. The van der Waals surface area contributed by atoms with E-state index in [2.05, 4.69) is 24.4 Å². The Morgan fingerprint density at radius 2 is 2.15 bits per heavy atom. The first-order chi connectivity index (χ1) is 9.72. The lowest BCUT2D eigenvalue weighted by Gasteiger charge is -2.33. The normalized spacial score (nSPS) is 24.6. The Bertz CT molecular complexity index is 468. The Hall–Kier alpha value is -0.180. The third-order valence-corrected chi connectivity index (χ3v) is 6.51. The van der Waals surface area contributed by atoms with Crippen LogP contribution in [0.4, 0.5) is 0 Å². The first kappa shape index (κ1) is 14.7. The fraction of sp³-hybridized carbons (Fsp3) is 0.647. The highest BCUT2D eigenvalue weighted by molar-refractivity contribution is 7.99. The number of halogens is 1. The zero-order valence-corrected chi connectivity index (χ0v) is 13.8. The van der Waals surface area contributed by atoms with Crippen molar-refractivity contribution in [3.05, 3.63) is 28.8 Å². The summed E-state index contributed by atoms with van der Waals surface area (Å²) in [5, 5.41) is 4.73. The molecule has 0 radical (unpaired) electrons. The Balaban J connectivity index is 1.71. The van der Waals surface area contributed by atoms with Gasteiger partial charge in [0.15, 0.2) is 0 Å². The summed E-state index contributed by atoms with van der Waals surface area (Å²) in [4.78, 5) is 1.41. The first-order valence-corrected chi connectivity index (χ1v) is 9.24. The molecule has 2 aliphatic rings. The van der Waals surface area contributed by atoms with Crippen LogP contribution in [0.3, 0.4) is 0 Å². The molecule has 0 saturated heterocycles. The second-order valence-corrected chi connectivity index (χ2v) is 7.89. The SMILES string of the molecule is CCC1(CNC2CCSc3ccc(Cl)cc32)CCCC1. The van der Waals surface area contributed by atoms with Gasteiger partial charge in [-0.1, -0.05) is 31.4 Å². The molecule has 110 valence electrons. The lowest BCUT2D eigenvalue weighted by molar-refractivity contribution is 0.254. The van der Waals surface area contributed by atoms with Crippen LogP contribution in [0.15, 0.2) is 23.1 Å². The second-order valence-electron chi connectivity index (χ2n) is 6.31. The van der Waals surface area contributed by atoms with Gasteiger partial charge in [-0.3, -0.25) is 0 Å². The van der Waals surface area contributed by atoms with E-state index in [9.17, 15) is 0 Å². The molecule has 1 aliphatic carbocycles. The fourth-order valence-electron chi connectivity index (χ4n) is 3.70. The molecule has 1 saturated carbocycles. The number of hydrogen-bond donors (Lipinski definition) is 1. The highest BCUT2D eigenvalue weighted by Crippen LogP contribution is 2.42. The van der Waals surface area contributed by atoms with Crippen LogP contribution >= 0.6 is 23.4 Å². The number of fused-ring (bicyclic) bond motifs is 1. The Morgan fingerprint density at radius 1 is 1.35 bits per heavy atom. The van der Waals surface area contributed by atoms with Gasteiger partial charge in [0.1, 0.15) is 0 Å². The van der Waals surface area contributed by atoms with E-state index in [1.165, 1.54) is 61.3 Å². The highest BCUT2D eigenvalue weighted by Gasteiger charge is 2.33. The minimum absolute atomic E-state index is 0.494. The Morgan fingerprint density at radius 3 is 2.90 bits per heavy atom. The van der Waals surface area contributed by atoms with Crippen molar-refractivity contribution in [2.45, 2.75) is 56.4 Å². The van der Waals surface area contributed by atoms with Crippen molar-refractivity contribution >= 4 is 23.4 Å². The van der Waals surface area contributed by atoms with Crippen LogP contribution in [-0.4, -0.2) is 12.3 Å². The molecule has 0 spiro atoms. The summed E-state index contributed by atoms with van der Waals surface area (Å²) in [6.45, 7) is 3.53. The molecule has 1 heterocycles. The molecule has 1 aromatic rings. The minimum Gasteiger partial charge on any atom is -0.309 e. The van der Waals surface area contributed by atoms with Gasteiger partial charge in [-0.2, -0.15) is 0 Å². The predicted octanol–water partition coefficient (Wildman–Crippen LogP) is 5.44. The molecule has 1 atom stereocenters. The molecule has 0 aromatic heterocycles. The molecular formula is C17H24ClNS. The van der Waals surface area contributed by atoms with E-state index >= 15 is 0 Å². The van der Waals surface area contributed by atoms with Gasteiger partial charge < -0.3 is 5.32 Å². The lowest BCUT2D eigenvalue weighted by Crippen LogP contribution is -2.35. The van der Waals surface area contributed by atoms with Gasteiger partial charge in [0.05, 0.1) is 0 Å². The molecule has 1 nitrogen and oxygen atoms in total. The number of rotatable bonds is 4. The zero-order chi connectivity index (χ0) is 14.0. The van der Waals surface area contributed by atoms with E-state index in [-0.39, 0.29) is 0 Å². The van der Waals surface area contributed by atoms with Crippen molar-refractivity contribution in [1.82, 2.24) is 5.32 Å². The van der Waals surface area contributed by atoms with Gasteiger partial charge in [0.25, 0.3) is 0 Å². The number of benzene rings is 1. The van der Waals surface area contributed by atoms with Crippen LogP contribution < -0.4 is 5.32 Å². The Labute approximate surface area is 131 Å². The van der Waals surface area contributed by atoms with Gasteiger partial charge in [-0.25, -0.2) is 0 Å². The number of thioether (sulfide) groups is 1. The summed E-state index contributed by atoms with van der Waals surface area (Å²) in [6.07, 6.45) is 8.17. The van der Waals surface area contributed by atoms with Crippen molar-refractivity contribution in [2.75, 3.05) is 12.3 Å². The summed E-state index contributed by atoms with van der Waals surface area (Å²) in [6, 6.07) is 6.85. The minimum atomic E-state index is 0.494. The third kappa shape index (κ3) is 3.03. The lowest BCUT2D eigenvalue weighted by atomic mass is 9.83. The van der Waals surface area contributed by atoms with Crippen molar-refractivity contribution < 1.29 is 0 Å². The molecule has 1 aromatic carbocycles. The van der Waals surface area contributed by atoms with Crippen LogP contribution in [0.5, 0.6) is 0 Å². The molecule has 0 bridgehead atoms. The summed E-state index contributed by atoms with van der Waals surface area (Å²) in [5.74, 6) is 1.21. The number of nitrogens with one attached hydrogen (secondary N) is 1. The summed E-state index contributed by atoms with van der Waals surface area (Å²) >= 11 is 8.15. The molecule has 1 N–H and O–H groups in total. The van der Waals surface area contributed by atoms with E-state index < -0.39 is 0 Å². The fourth-order valence-corrected chi connectivity index (χ4v) is 4.98. The molecule has 20 heavy (non-hydrogen) atoms. The van der Waals surface area contributed by atoms with E-state index in [1.807, 2.05) is 17.8 Å². The van der Waals surface area contributed by atoms with Gasteiger partial charge >= 0.3 is 0 Å². The zero-order valence-electron chi connectivity index (χ0n) is 12.3. The largest absolute Gasteiger partial charge is 0.309 e. The molecule has 3 rings (SSSR count). The van der Waals surface area contributed by atoms with Crippen LogP contribution in [0, 0.1) is 5.41 Å². The average molecular weight is 310 g/mol.